The zero-order chi connectivity index (χ0) is 15.1. The Labute approximate surface area is 127 Å². The number of hydrogen-bond acceptors (Lipinski definition) is 5. The zero-order valence-electron chi connectivity index (χ0n) is 13.5. The Hall–Kier alpha value is -1.36. The molecule has 0 saturated carbocycles. The lowest BCUT2D eigenvalue weighted by molar-refractivity contribution is 0.0595. The van der Waals surface area contributed by atoms with Crippen LogP contribution in [0.25, 0.3) is 0 Å². The summed E-state index contributed by atoms with van der Waals surface area (Å²) in [6, 6.07) is 2.01. The van der Waals surface area contributed by atoms with Crippen molar-refractivity contribution < 1.29 is 4.74 Å². The van der Waals surface area contributed by atoms with E-state index >= 15 is 0 Å². The molecule has 2 heterocycles. The fourth-order valence-electron chi connectivity index (χ4n) is 2.38. The first-order valence-corrected chi connectivity index (χ1v) is 8.13. The third-order valence-corrected chi connectivity index (χ3v) is 3.64. The molecule has 21 heavy (non-hydrogen) atoms. The van der Waals surface area contributed by atoms with Gasteiger partial charge in [-0.1, -0.05) is 20.8 Å². The molecule has 1 atom stereocenters. The minimum Gasteiger partial charge on any atom is -0.381 e. The number of ether oxygens (including phenoxy) is 1. The Kier molecular flexibility index (Phi) is 6.23. The lowest BCUT2D eigenvalue weighted by atomic mass is 10.0. The number of aromatic nitrogens is 2. The lowest BCUT2D eigenvalue weighted by Crippen LogP contribution is -2.24. The number of nitrogens with zero attached hydrogens (tertiary/aromatic N) is 2. The van der Waals surface area contributed by atoms with Gasteiger partial charge in [-0.25, -0.2) is 9.97 Å². The molecule has 1 aromatic rings. The largest absolute Gasteiger partial charge is 0.381 e. The number of rotatable bonds is 7. The Morgan fingerprint density at radius 1 is 1.29 bits per heavy atom. The maximum Gasteiger partial charge on any atom is 0.135 e. The van der Waals surface area contributed by atoms with Crippen molar-refractivity contribution in [3.8, 4) is 0 Å². The molecule has 1 saturated heterocycles. The van der Waals surface area contributed by atoms with Crippen molar-refractivity contribution in [3.63, 3.8) is 0 Å². The van der Waals surface area contributed by atoms with Gasteiger partial charge in [-0.15, -0.1) is 0 Å². The van der Waals surface area contributed by atoms with Gasteiger partial charge in [0.2, 0.25) is 0 Å². The molecule has 1 aromatic heterocycles. The molecule has 0 spiro atoms. The van der Waals surface area contributed by atoms with E-state index in [1.807, 2.05) is 6.07 Å². The Balaban J connectivity index is 2.00. The van der Waals surface area contributed by atoms with Gasteiger partial charge in [-0.05, 0) is 25.2 Å². The van der Waals surface area contributed by atoms with Crippen LogP contribution in [-0.2, 0) is 4.74 Å². The normalized spacial score (nSPS) is 18.8. The van der Waals surface area contributed by atoms with Crippen molar-refractivity contribution >= 4 is 11.6 Å². The maximum atomic E-state index is 5.52. The predicted molar refractivity (Wildman–Crippen MR) is 86.9 cm³/mol. The third-order valence-electron chi connectivity index (χ3n) is 3.64. The molecule has 1 unspecified atom stereocenters. The van der Waals surface area contributed by atoms with Gasteiger partial charge in [0, 0.05) is 31.7 Å². The number of nitrogens with one attached hydrogen (secondary N) is 2. The molecule has 2 N–H and O–H groups in total. The van der Waals surface area contributed by atoms with Crippen molar-refractivity contribution in [2.24, 2.45) is 5.92 Å². The van der Waals surface area contributed by atoms with Crippen molar-refractivity contribution in [2.45, 2.75) is 46.0 Å². The maximum absolute atomic E-state index is 5.52. The Morgan fingerprint density at radius 3 is 2.67 bits per heavy atom. The van der Waals surface area contributed by atoms with Gasteiger partial charge in [0.1, 0.15) is 17.5 Å². The smallest absolute Gasteiger partial charge is 0.135 e. The SMILES string of the molecule is CCCNc1cc(NCC2CCCOC2)nc(C(C)C)n1. The summed E-state index contributed by atoms with van der Waals surface area (Å²) in [5.41, 5.74) is 0. The summed E-state index contributed by atoms with van der Waals surface area (Å²) in [5.74, 6) is 3.63. The molecule has 0 aliphatic carbocycles. The zero-order valence-corrected chi connectivity index (χ0v) is 13.5. The molecule has 1 aliphatic rings. The van der Waals surface area contributed by atoms with E-state index in [0.29, 0.717) is 11.8 Å². The number of anilines is 2. The Morgan fingerprint density at radius 2 is 2.05 bits per heavy atom. The summed E-state index contributed by atoms with van der Waals surface area (Å²) < 4.78 is 5.52. The summed E-state index contributed by atoms with van der Waals surface area (Å²) in [6.45, 7) is 10.0. The van der Waals surface area contributed by atoms with Gasteiger partial charge in [0.25, 0.3) is 0 Å². The molecule has 5 heteroatoms. The van der Waals surface area contributed by atoms with E-state index in [-0.39, 0.29) is 0 Å². The number of hydrogen-bond donors (Lipinski definition) is 2. The summed E-state index contributed by atoms with van der Waals surface area (Å²) in [6.07, 6.45) is 3.48. The first kappa shape index (κ1) is 16.0. The molecule has 5 nitrogen and oxygen atoms in total. The van der Waals surface area contributed by atoms with Crippen molar-refractivity contribution in [1.82, 2.24) is 9.97 Å². The summed E-state index contributed by atoms with van der Waals surface area (Å²) in [4.78, 5) is 9.20. The summed E-state index contributed by atoms with van der Waals surface area (Å²) in [5, 5.41) is 6.81. The lowest BCUT2D eigenvalue weighted by Gasteiger charge is -2.22. The highest BCUT2D eigenvalue weighted by Gasteiger charge is 2.14. The van der Waals surface area contributed by atoms with Gasteiger partial charge in [0.15, 0.2) is 0 Å². The first-order valence-electron chi connectivity index (χ1n) is 8.13. The molecule has 0 aromatic carbocycles. The third kappa shape index (κ3) is 5.16. The highest BCUT2D eigenvalue weighted by Crippen LogP contribution is 2.19. The molecule has 118 valence electrons. The topological polar surface area (TPSA) is 59.1 Å². The predicted octanol–water partition coefficient (Wildman–Crippen LogP) is 3.26. The van der Waals surface area contributed by atoms with Crippen LogP contribution in [0.1, 0.15) is 51.8 Å². The van der Waals surface area contributed by atoms with Crippen molar-refractivity contribution in [3.05, 3.63) is 11.9 Å². The van der Waals surface area contributed by atoms with Crippen LogP contribution in [0.3, 0.4) is 0 Å². The summed E-state index contributed by atoms with van der Waals surface area (Å²) in [7, 11) is 0. The van der Waals surface area contributed by atoms with E-state index in [1.54, 1.807) is 0 Å². The highest BCUT2D eigenvalue weighted by atomic mass is 16.5. The minimum atomic E-state index is 0.326. The Bertz CT molecular complexity index is 430. The molecule has 1 aliphatic heterocycles. The second-order valence-corrected chi connectivity index (χ2v) is 6.04. The van der Waals surface area contributed by atoms with Crippen molar-refractivity contribution in [2.75, 3.05) is 36.9 Å². The molecule has 0 bridgehead atoms. The highest BCUT2D eigenvalue weighted by molar-refractivity contribution is 5.47. The van der Waals surface area contributed by atoms with Crippen molar-refractivity contribution in [1.29, 1.82) is 0 Å². The standard InChI is InChI=1S/C16H28N4O/c1-4-7-17-14-9-15(20-16(19-14)12(2)3)18-10-13-6-5-8-21-11-13/h9,12-13H,4-8,10-11H2,1-3H3,(H2,17,18,19,20). The molecular weight excluding hydrogens is 264 g/mol. The minimum absolute atomic E-state index is 0.326. The molecule has 1 fully saturated rings. The average molecular weight is 292 g/mol. The van der Waals surface area contributed by atoms with Crippen LogP contribution in [0.2, 0.25) is 0 Å². The molecule has 0 amide bonds. The fourth-order valence-corrected chi connectivity index (χ4v) is 2.38. The van der Waals surface area contributed by atoms with Crippen LogP contribution in [0, 0.1) is 5.92 Å². The van der Waals surface area contributed by atoms with E-state index < -0.39 is 0 Å². The van der Waals surface area contributed by atoms with Gasteiger partial charge < -0.3 is 15.4 Å². The van der Waals surface area contributed by atoms with E-state index in [1.165, 1.54) is 6.42 Å². The summed E-state index contributed by atoms with van der Waals surface area (Å²) >= 11 is 0. The van der Waals surface area contributed by atoms with Crippen LogP contribution in [0.4, 0.5) is 11.6 Å². The van der Waals surface area contributed by atoms with E-state index in [0.717, 1.165) is 56.6 Å². The second kappa shape index (κ2) is 8.17. The quantitative estimate of drug-likeness (QED) is 0.808. The molecular formula is C16H28N4O. The van der Waals surface area contributed by atoms with Crippen LogP contribution < -0.4 is 10.6 Å². The molecule has 0 radical (unpaired) electrons. The van der Waals surface area contributed by atoms with Gasteiger partial charge in [0.05, 0.1) is 6.61 Å². The fraction of sp³-hybridized carbons (Fsp3) is 0.750. The van der Waals surface area contributed by atoms with E-state index in [4.69, 9.17) is 4.74 Å². The van der Waals surface area contributed by atoms with Crippen LogP contribution >= 0.6 is 0 Å². The van der Waals surface area contributed by atoms with Crippen LogP contribution in [0.5, 0.6) is 0 Å². The van der Waals surface area contributed by atoms with Gasteiger partial charge in [-0.2, -0.15) is 0 Å². The molecule has 2 rings (SSSR count). The average Bonchev–Trinajstić information content (AvgIpc) is 2.51. The first-order chi connectivity index (χ1) is 10.2. The van der Waals surface area contributed by atoms with Crippen LogP contribution in [-0.4, -0.2) is 36.3 Å². The van der Waals surface area contributed by atoms with Gasteiger partial charge >= 0.3 is 0 Å². The van der Waals surface area contributed by atoms with Crippen LogP contribution in [0.15, 0.2) is 6.07 Å². The second-order valence-electron chi connectivity index (χ2n) is 6.04. The van der Waals surface area contributed by atoms with E-state index in [9.17, 15) is 0 Å². The van der Waals surface area contributed by atoms with Gasteiger partial charge in [-0.3, -0.25) is 0 Å². The monoisotopic (exact) mass is 292 g/mol. The van der Waals surface area contributed by atoms with E-state index in [2.05, 4.69) is 41.4 Å².